The number of hydrogen-bond donors (Lipinski definition) is 1. The lowest BCUT2D eigenvalue weighted by molar-refractivity contribution is -0.121. The maximum atomic E-state index is 13.5. The van der Waals surface area contributed by atoms with E-state index in [1.54, 1.807) is 17.1 Å². The Hall–Kier alpha value is -3.78. The zero-order valence-corrected chi connectivity index (χ0v) is 20.8. The van der Waals surface area contributed by atoms with Gasteiger partial charge in [-0.15, -0.1) is 0 Å². The molecule has 5 rings (SSSR count). The normalized spacial score (nSPS) is 19.3. The summed E-state index contributed by atoms with van der Waals surface area (Å²) in [6, 6.07) is 21.7. The van der Waals surface area contributed by atoms with Crippen molar-refractivity contribution in [1.29, 1.82) is 0 Å². The predicted molar refractivity (Wildman–Crippen MR) is 142 cm³/mol. The summed E-state index contributed by atoms with van der Waals surface area (Å²) < 4.78 is 13.5. The first-order chi connectivity index (χ1) is 17.4. The van der Waals surface area contributed by atoms with Crippen molar-refractivity contribution in [2.45, 2.75) is 38.0 Å². The number of benzene rings is 3. The summed E-state index contributed by atoms with van der Waals surface area (Å²) in [5, 5.41) is 9.26. The summed E-state index contributed by atoms with van der Waals surface area (Å²) in [5.41, 5.74) is 5.58. The third-order valence-electron chi connectivity index (χ3n) is 6.18. The van der Waals surface area contributed by atoms with Gasteiger partial charge in [-0.3, -0.25) is 9.59 Å². The fraction of sp³-hybridized carbons (Fsp3) is 0.214. The Balaban J connectivity index is 1.35. The highest BCUT2D eigenvalue weighted by molar-refractivity contribution is 8.15. The van der Waals surface area contributed by atoms with Crippen LogP contribution < -0.4 is 5.32 Å². The molecule has 0 aliphatic carbocycles. The lowest BCUT2D eigenvalue weighted by Gasteiger charge is -2.23. The van der Waals surface area contributed by atoms with Crippen molar-refractivity contribution in [2.75, 3.05) is 5.32 Å². The van der Waals surface area contributed by atoms with E-state index in [0.717, 1.165) is 28.0 Å². The minimum absolute atomic E-state index is 0.0158. The second-order valence-corrected chi connectivity index (χ2v) is 10.2. The van der Waals surface area contributed by atoms with E-state index < -0.39 is 5.25 Å². The number of amides is 2. The van der Waals surface area contributed by atoms with Crippen LogP contribution in [0.2, 0.25) is 0 Å². The number of carbonyl (C=O) groups is 2. The molecule has 3 aromatic rings. The van der Waals surface area contributed by atoms with Gasteiger partial charge in [-0.2, -0.15) is 10.1 Å². The molecule has 0 fully saturated rings. The van der Waals surface area contributed by atoms with Crippen molar-refractivity contribution in [3.05, 3.63) is 101 Å². The number of amidine groups is 1. The second-order valence-electron chi connectivity index (χ2n) is 8.99. The van der Waals surface area contributed by atoms with Crippen molar-refractivity contribution in [2.24, 2.45) is 10.1 Å². The van der Waals surface area contributed by atoms with E-state index in [4.69, 9.17) is 5.10 Å². The van der Waals surface area contributed by atoms with Gasteiger partial charge in [-0.1, -0.05) is 71.4 Å². The number of aliphatic imine (C=N–C) groups is 1. The van der Waals surface area contributed by atoms with Crippen LogP contribution >= 0.6 is 11.8 Å². The van der Waals surface area contributed by atoms with Crippen LogP contribution in [0.3, 0.4) is 0 Å². The van der Waals surface area contributed by atoms with Gasteiger partial charge in [0.1, 0.15) is 11.1 Å². The van der Waals surface area contributed by atoms with Crippen LogP contribution in [-0.2, 0) is 9.59 Å². The van der Waals surface area contributed by atoms with Gasteiger partial charge in [0.15, 0.2) is 5.17 Å². The number of rotatable bonds is 5. The van der Waals surface area contributed by atoms with Gasteiger partial charge < -0.3 is 5.32 Å². The van der Waals surface area contributed by atoms with Gasteiger partial charge >= 0.3 is 0 Å². The number of hydrogen-bond acceptors (Lipinski definition) is 5. The lowest BCUT2D eigenvalue weighted by atomic mass is 9.98. The summed E-state index contributed by atoms with van der Waals surface area (Å²) in [6.45, 7) is 4.00. The molecule has 0 saturated heterocycles. The smallest absolute Gasteiger partial charge is 0.262 e. The Kier molecular flexibility index (Phi) is 6.69. The average Bonchev–Trinajstić information content (AvgIpc) is 3.45. The van der Waals surface area contributed by atoms with Gasteiger partial charge in [-0.25, -0.2) is 9.40 Å². The number of nitrogens with one attached hydrogen (secondary N) is 1. The lowest BCUT2D eigenvalue weighted by Crippen LogP contribution is -2.25. The highest BCUT2D eigenvalue weighted by Gasteiger charge is 2.39. The van der Waals surface area contributed by atoms with Crippen molar-refractivity contribution < 1.29 is 14.0 Å². The van der Waals surface area contributed by atoms with Gasteiger partial charge in [0.25, 0.3) is 5.91 Å². The van der Waals surface area contributed by atoms with Crippen LogP contribution in [0.25, 0.3) is 0 Å². The molecule has 2 aliphatic rings. The van der Waals surface area contributed by atoms with Gasteiger partial charge in [0, 0.05) is 18.5 Å². The van der Waals surface area contributed by atoms with E-state index in [2.05, 4.69) is 10.3 Å². The number of anilines is 1. The Morgan fingerprint density at radius 2 is 1.64 bits per heavy atom. The van der Waals surface area contributed by atoms with E-state index in [0.29, 0.717) is 17.3 Å². The van der Waals surface area contributed by atoms with E-state index in [9.17, 15) is 14.0 Å². The molecule has 8 heteroatoms. The molecule has 2 atom stereocenters. The third kappa shape index (κ3) is 5.23. The maximum Gasteiger partial charge on any atom is 0.262 e. The molecule has 0 aromatic heterocycles. The first-order valence-electron chi connectivity index (χ1n) is 11.7. The quantitative estimate of drug-likeness (QED) is 0.493. The number of halogens is 1. The molecule has 0 spiro atoms. The molecule has 2 heterocycles. The van der Waals surface area contributed by atoms with Gasteiger partial charge in [0.2, 0.25) is 5.91 Å². The van der Waals surface area contributed by atoms with Gasteiger partial charge in [0.05, 0.1) is 11.8 Å². The second kappa shape index (κ2) is 10.1. The standard InChI is InChI=1S/C28H25FN4O2S/c1-17-3-7-20(8-4-17)24-15-23(19-9-11-21(29)12-10-19)32-33(24)28-31-27(35)25(36-28)16-26(34)30-22-13-5-18(2)6-14-22/h3-14,24-25H,15-16H2,1-2H3,(H,30,34)/t24-,25+/m0/s1. The minimum atomic E-state index is -0.616. The molecule has 6 nitrogen and oxygen atoms in total. The molecule has 0 saturated carbocycles. The number of nitrogens with zero attached hydrogens (tertiary/aromatic N) is 3. The van der Waals surface area contributed by atoms with E-state index >= 15 is 0 Å². The predicted octanol–water partition coefficient (Wildman–Crippen LogP) is 5.62. The molecule has 36 heavy (non-hydrogen) atoms. The van der Waals surface area contributed by atoms with Crippen LogP contribution in [-0.4, -0.2) is 33.0 Å². The van der Waals surface area contributed by atoms with E-state index in [1.165, 1.54) is 23.9 Å². The SMILES string of the molecule is Cc1ccc(NC(=O)C[C@H]2SC(N3N=C(c4ccc(F)cc4)C[C@H]3c3ccc(C)cc3)=NC2=O)cc1. The topological polar surface area (TPSA) is 74.1 Å². The largest absolute Gasteiger partial charge is 0.326 e. The van der Waals surface area contributed by atoms with Crippen molar-refractivity contribution in [3.8, 4) is 0 Å². The summed E-state index contributed by atoms with van der Waals surface area (Å²) in [5.74, 6) is -0.896. The molecule has 1 N–H and O–H groups in total. The summed E-state index contributed by atoms with van der Waals surface area (Å²) in [4.78, 5) is 29.6. The molecule has 0 unspecified atom stereocenters. The highest BCUT2D eigenvalue weighted by atomic mass is 32.2. The van der Waals surface area contributed by atoms with Crippen molar-refractivity contribution >= 4 is 40.1 Å². The van der Waals surface area contributed by atoms with E-state index in [1.807, 2.05) is 62.4 Å². The van der Waals surface area contributed by atoms with Crippen LogP contribution in [0.1, 0.15) is 41.1 Å². The average molecular weight is 501 g/mol. The molecule has 3 aromatic carbocycles. The third-order valence-corrected chi connectivity index (χ3v) is 7.32. The zero-order chi connectivity index (χ0) is 25.2. The van der Waals surface area contributed by atoms with Crippen LogP contribution in [0.4, 0.5) is 10.1 Å². The molecule has 0 radical (unpaired) electrons. The number of hydrazone groups is 1. The number of carbonyl (C=O) groups excluding carboxylic acids is 2. The molecule has 2 aliphatic heterocycles. The Bertz CT molecular complexity index is 1350. The molecule has 182 valence electrons. The van der Waals surface area contributed by atoms with Crippen molar-refractivity contribution in [3.63, 3.8) is 0 Å². The first-order valence-corrected chi connectivity index (χ1v) is 12.6. The van der Waals surface area contributed by atoms with E-state index in [-0.39, 0.29) is 30.1 Å². The zero-order valence-electron chi connectivity index (χ0n) is 19.9. The number of thioether (sulfide) groups is 1. The van der Waals surface area contributed by atoms with Crippen LogP contribution in [0.5, 0.6) is 0 Å². The fourth-order valence-corrected chi connectivity index (χ4v) is 5.23. The van der Waals surface area contributed by atoms with Crippen molar-refractivity contribution in [1.82, 2.24) is 5.01 Å². The molecular weight excluding hydrogens is 475 g/mol. The monoisotopic (exact) mass is 500 g/mol. The van der Waals surface area contributed by atoms with Gasteiger partial charge in [-0.05, 0) is 49.2 Å². The summed E-state index contributed by atoms with van der Waals surface area (Å²) >= 11 is 1.26. The van der Waals surface area contributed by atoms with Crippen LogP contribution in [0, 0.1) is 19.7 Å². The maximum absolute atomic E-state index is 13.5. The van der Waals surface area contributed by atoms with Crippen LogP contribution in [0.15, 0.2) is 82.9 Å². The Morgan fingerprint density at radius 1 is 1.00 bits per heavy atom. The Morgan fingerprint density at radius 3 is 2.31 bits per heavy atom. The first kappa shape index (κ1) is 23.9. The molecular formula is C28H25FN4O2S. The highest BCUT2D eigenvalue weighted by Crippen LogP contribution is 2.38. The summed E-state index contributed by atoms with van der Waals surface area (Å²) in [7, 11) is 0. The fourth-order valence-electron chi connectivity index (χ4n) is 4.17. The Labute approximate surface area is 213 Å². The number of aryl methyl sites for hydroxylation is 2. The summed E-state index contributed by atoms with van der Waals surface area (Å²) in [6.07, 6.45) is 0.600. The minimum Gasteiger partial charge on any atom is -0.326 e. The molecule has 2 amide bonds. The molecule has 0 bridgehead atoms.